The molecular weight excluding hydrogens is 305 g/mol. The maximum Gasteiger partial charge on any atom is 0.416 e. The van der Waals surface area contributed by atoms with E-state index in [9.17, 15) is 18.3 Å². The molecule has 0 amide bonds. The first-order valence-electron chi connectivity index (χ1n) is 8.18. The van der Waals surface area contributed by atoms with Gasteiger partial charge in [-0.3, -0.25) is 0 Å². The topological polar surface area (TPSA) is 58.3 Å². The van der Waals surface area contributed by atoms with Crippen LogP contribution in [-0.4, -0.2) is 24.2 Å². The van der Waals surface area contributed by atoms with Gasteiger partial charge in [0.05, 0.1) is 11.2 Å². The standard InChI is InChI=1S/C12H14F3NO.C3H7N.C2H6/c13-12(14,15)10-3-1-9(2-4-10)11(17)5-7-16-8-6-11;4-3-1-2-3;1-2/h1-4,16-17H,5-8H2;3H,1-2,4H2;1-2H3. The summed E-state index contributed by atoms with van der Waals surface area (Å²) < 4.78 is 37.2. The van der Waals surface area contributed by atoms with Gasteiger partial charge in [-0.25, -0.2) is 0 Å². The quantitative estimate of drug-likeness (QED) is 0.739. The summed E-state index contributed by atoms with van der Waals surface area (Å²) in [7, 11) is 0. The lowest BCUT2D eigenvalue weighted by Crippen LogP contribution is -2.39. The summed E-state index contributed by atoms with van der Waals surface area (Å²) in [5, 5.41) is 13.4. The Labute approximate surface area is 136 Å². The number of benzene rings is 1. The zero-order valence-electron chi connectivity index (χ0n) is 13.8. The van der Waals surface area contributed by atoms with Crippen molar-refractivity contribution in [3.63, 3.8) is 0 Å². The van der Waals surface area contributed by atoms with E-state index < -0.39 is 17.3 Å². The second-order valence-corrected chi connectivity index (χ2v) is 5.69. The lowest BCUT2D eigenvalue weighted by molar-refractivity contribution is -0.137. The van der Waals surface area contributed by atoms with Crippen molar-refractivity contribution in [2.45, 2.75) is 57.3 Å². The third kappa shape index (κ3) is 6.49. The van der Waals surface area contributed by atoms with Crippen molar-refractivity contribution in [2.75, 3.05) is 13.1 Å². The molecule has 3 rings (SSSR count). The van der Waals surface area contributed by atoms with Crippen LogP contribution in [0.1, 0.15) is 50.7 Å². The minimum Gasteiger partial charge on any atom is -0.385 e. The van der Waals surface area contributed by atoms with Crippen molar-refractivity contribution >= 4 is 0 Å². The van der Waals surface area contributed by atoms with E-state index in [1.54, 1.807) is 0 Å². The molecule has 6 heteroatoms. The number of rotatable bonds is 1. The third-order valence-electron chi connectivity index (χ3n) is 3.80. The predicted octanol–water partition coefficient (Wildman–Crippen LogP) is 3.41. The number of hydrogen-bond acceptors (Lipinski definition) is 3. The Morgan fingerprint density at radius 2 is 1.52 bits per heavy atom. The van der Waals surface area contributed by atoms with Gasteiger partial charge in [-0.2, -0.15) is 13.2 Å². The van der Waals surface area contributed by atoms with Gasteiger partial charge in [-0.05, 0) is 56.5 Å². The number of alkyl halides is 3. The van der Waals surface area contributed by atoms with E-state index >= 15 is 0 Å². The summed E-state index contributed by atoms with van der Waals surface area (Å²) in [6, 6.07) is 5.37. The average molecular weight is 332 g/mol. The fraction of sp³-hybridized carbons (Fsp3) is 0.647. The van der Waals surface area contributed by atoms with Crippen LogP contribution >= 0.6 is 0 Å². The highest BCUT2D eigenvalue weighted by Crippen LogP contribution is 2.34. The fourth-order valence-corrected chi connectivity index (χ4v) is 2.19. The van der Waals surface area contributed by atoms with Gasteiger partial charge in [0.1, 0.15) is 0 Å². The monoisotopic (exact) mass is 332 g/mol. The summed E-state index contributed by atoms with van der Waals surface area (Å²) in [6.45, 7) is 5.36. The summed E-state index contributed by atoms with van der Waals surface area (Å²) >= 11 is 0. The lowest BCUT2D eigenvalue weighted by atomic mass is 9.85. The fourth-order valence-electron chi connectivity index (χ4n) is 2.19. The molecule has 1 aromatic rings. The molecule has 0 atom stereocenters. The van der Waals surface area contributed by atoms with Crippen molar-refractivity contribution in [2.24, 2.45) is 5.73 Å². The number of aliphatic hydroxyl groups is 1. The molecule has 1 saturated carbocycles. The Morgan fingerprint density at radius 1 is 1.09 bits per heavy atom. The van der Waals surface area contributed by atoms with Gasteiger partial charge in [-0.1, -0.05) is 26.0 Å². The first kappa shape index (κ1) is 19.9. The Kier molecular flexibility index (Phi) is 7.51. The van der Waals surface area contributed by atoms with E-state index in [-0.39, 0.29) is 0 Å². The Balaban J connectivity index is 0.000000375. The minimum absolute atomic E-state index is 0.526. The average Bonchev–Trinajstić information content (AvgIpc) is 3.32. The van der Waals surface area contributed by atoms with E-state index in [1.807, 2.05) is 13.8 Å². The van der Waals surface area contributed by atoms with Crippen LogP contribution in [0.15, 0.2) is 24.3 Å². The molecule has 2 fully saturated rings. The second-order valence-electron chi connectivity index (χ2n) is 5.69. The van der Waals surface area contributed by atoms with Crippen molar-refractivity contribution in [3.05, 3.63) is 35.4 Å². The van der Waals surface area contributed by atoms with Crippen LogP contribution in [0.3, 0.4) is 0 Å². The molecular formula is C17H27F3N2O. The summed E-state index contributed by atoms with van der Waals surface area (Å²) in [6.07, 6.45) is -0.744. The lowest BCUT2D eigenvalue weighted by Gasteiger charge is -2.33. The van der Waals surface area contributed by atoms with Crippen LogP contribution in [-0.2, 0) is 11.8 Å². The number of piperidine rings is 1. The van der Waals surface area contributed by atoms with Crippen molar-refractivity contribution in [3.8, 4) is 0 Å². The minimum atomic E-state index is -4.32. The molecule has 0 radical (unpaired) electrons. The van der Waals surface area contributed by atoms with Gasteiger partial charge in [0.2, 0.25) is 0 Å². The molecule has 132 valence electrons. The summed E-state index contributed by atoms with van der Waals surface area (Å²) in [5.74, 6) is 0. The highest BCUT2D eigenvalue weighted by molar-refractivity contribution is 5.29. The van der Waals surface area contributed by atoms with Gasteiger partial charge < -0.3 is 16.2 Å². The first-order valence-corrected chi connectivity index (χ1v) is 8.18. The van der Waals surface area contributed by atoms with E-state index in [1.165, 1.54) is 25.0 Å². The molecule has 0 aromatic heterocycles. The SMILES string of the molecule is CC.NC1CC1.OC1(c2ccc(C(F)(F)F)cc2)CCNCC1. The van der Waals surface area contributed by atoms with Gasteiger partial charge >= 0.3 is 6.18 Å². The smallest absolute Gasteiger partial charge is 0.385 e. The zero-order valence-corrected chi connectivity index (χ0v) is 13.8. The summed E-state index contributed by atoms with van der Waals surface area (Å²) in [4.78, 5) is 0. The second kappa shape index (κ2) is 8.66. The Hall–Kier alpha value is -1.11. The van der Waals surface area contributed by atoms with E-state index in [0.717, 1.165) is 12.1 Å². The van der Waals surface area contributed by atoms with E-state index in [2.05, 4.69) is 5.32 Å². The van der Waals surface area contributed by atoms with Gasteiger partial charge in [0.15, 0.2) is 0 Å². The first-order chi connectivity index (χ1) is 10.8. The highest BCUT2D eigenvalue weighted by Gasteiger charge is 2.33. The van der Waals surface area contributed by atoms with Crippen molar-refractivity contribution in [1.29, 1.82) is 0 Å². The number of nitrogens with two attached hydrogens (primary N) is 1. The molecule has 0 unspecified atom stereocenters. The zero-order chi connectivity index (χ0) is 17.5. The molecule has 1 aliphatic carbocycles. The Bertz CT molecular complexity index is 450. The largest absolute Gasteiger partial charge is 0.416 e. The molecule has 23 heavy (non-hydrogen) atoms. The van der Waals surface area contributed by atoms with Crippen LogP contribution in [0, 0.1) is 0 Å². The van der Waals surface area contributed by atoms with Crippen molar-refractivity contribution in [1.82, 2.24) is 5.32 Å². The molecule has 1 saturated heterocycles. The number of halogens is 3. The van der Waals surface area contributed by atoms with Crippen LogP contribution < -0.4 is 11.1 Å². The molecule has 3 nitrogen and oxygen atoms in total. The molecule has 0 spiro atoms. The van der Waals surface area contributed by atoms with Gasteiger partial charge in [-0.15, -0.1) is 0 Å². The molecule has 1 aromatic carbocycles. The number of nitrogens with one attached hydrogen (secondary N) is 1. The van der Waals surface area contributed by atoms with Crippen LogP contribution in [0.25, 0.3) is 0 Å². The molecule has 1 heterocycles. The number of hydrogen-bond donors (Lipinski definition) is 3. The maximum absolute atomic E-state index is 12.4. The highest BCUT2D eigenvalue weighted by atomic mass is 19.4. The molecule has 1 aliphatic heterocycles. The maximum atomic E-state index is 12.4. The summed E-state index contributed by atoms with van der Waals surface area (Å²) in [5.41, 5.74) is 4.11. The normalized spacial score (nSPS) is 19.8. The van der Waals surface area contributed by atoms with Crippen molar-refractivity contribution < 1.29 is 18.3 Å². The molecule has 0 bridgehead atoms. The Morgan fingerprint density at radius 3 is 1.87 bits per heavy atom. The molecule has 4 N–H and O–H groups in total. The third-order valence-corrected chi connectivity index (χ3v) is 3.80. The molecule has 2 aliphatic rings. The van der Waals surface area contributed by atoms with Crippen LogP contribution in [0.4, 0.5) is 13.2 Å². The van der Waals surface area contributed by atoms with Gasteiger partial charge in [0.25, 0.3) is 0 Å². The van der Waals surface area contributed by atoms with Crippen LogP contribution in [0.2, 0.25) is 0 Å². The van der Waals surface area contributed by atoms with Crippen LogP contribution in [0.5, 0.6) is 0 Å². The van der Waals surface area contributed by atoms with E-state index in [4.69, 9.17) is 5.73 Å². The predicted molar refractivity (Wildman–Crippen MR) is 86.0 cm³/mol. The van der Waals surface area contributed by atoms with E-state index in [0.29, 0.717) is 37.5 Å². The van der Waals surface area contributed by atoms with Gasteiger partial charge in [0, 0.05) is 6.04 Å².